The lowest BCUT2D eigenvalue weighted by Gasteiger charge is -2.12. The fourth-order valence-corrected chi connectivity index (χ4v) is 4.25. The Morgan fingerprint density at radius 3 is 2.55 bits per heavy atom. The van der Waals surface area contributed by atoms with Crippen LogP contribution >= 0.6 is 0 Å². The Balaban J connectivity index is 1.41. The zero-order valence-corrected chi connectivity index (χ0v) is 15.7. The smallest absolute Gasteiger partial charge is 0.325 e. The number of carbonyl (C=O) groups is 1. The number of para-hydroxylation sites is 1. The zero-order valence-electron chi connectivity index (χ0n) is 15.7. The lowest BCUT2D eigenvalue weighted by molar-refractivity contribution is -0.116. The van der Waals surface area contributed by atoms with Crippen LogP contribution in [0.2, 0.25) is 0 Å². The lowest BCUT2D eigenvalue weighted by Crippen LogP contribution is -2.31. The molecule has 1 aliphatic rings. The summed E-state index contributed by atoms with van der Waals surface area (Å²) in [5.74, 6) is -0.175. The maximum atomic E-state index is 12.6. The third kappa shape index (κ3) is 2.93. The Labute approximate surface area is 165 Å². The summed E-state index contributed by atoms with van der Waals surface area (Å²) < 4.78 is 1.43. The molecule has 0 spiro atoms. The van der Waals surface area contributed by atoms with Crippen LogP contribution in [0.4, 0.5) is 5.69 Å². The van der Waals surface area contributed by atoms with E-state index in [9.17, 15) is 14.4 Å². The number of amides is 1. The van der Waals surface area contributed by atoms with E-state index in [0.29, 0.717) is 10.9 Å². The van der Waals surface area contributed by atoms with Crippen molar-refractivity contribution in [2.24, 2.45) is 0 Å². The van der Waals surface area contributed by atoms with Gasteiger partial charge in [-0.2, -0.15) is 0 Å². The molecule has 0 fully saturated rings. The summed E-state index contributed by atoms with van der Waals surface area (Å²) in [5, 5.41) is 5.72. The van der Waals surface area contributed by atoms with Gasteiger partial charge >= 0.3 is 5.69 Å². The van der Waals surface area contributed by atoms with Gasteiger partial charge in [0.15, 0.2) is 0 Å². The molecule has 1 heterocycles. The molecule has 5 rings (SSSR count). The van der Waals surface area contributed by atoms with Gasteiger partial charge in [-0.05, 0) is 47.6 Å². The molecule has 3 aromatic carbocycles. The van der Waals surface area contributed by atoms with E-state index in [2.05, 4.69) is 22.4 Å². The number of aromatic amines is 1. The molecule has 6 nitrogen and oxygen atoms in total. The average Bonchev–Trinajstić information content (AvgIpc) is 3.15. The van der Waals surface area contributed by atoms with Crippen LogP contribution in [-0.4, -0.2) is 15.5 Å². The van der Waals surface area contributed by atoms with Gasteiger partial charge in [0.2, 0.25) is 5.91 Å². The molecule has 0 radical (unpaired) electrons. The van der Waals surface area contributed by atoms with E-state index in [1.165, 1.54) is 21.1 Å². The molecule has 0 saturated carbocycles. The number of aryl methyl sites for hydroxylation is 3. The van der Waals surface area contributed by atoms with Gasteiger partial charge in [-0.25, -0.2) is 4.79 Å². The molecule has 0 aliphatic heterocycles. The minimum absolute atomic E-state index is 0.124. The van der Waals surface area contributed by atoms with Gasteiger partial charge in [-0.3, -0.25) is 19.1 Å². The van der Waals surface area contributed by atoms with Crippen molar-refractivity contribution in [2.75, 3.05) is 5.32 Å². The van der Waals surface area contributed by atoms with Crippen molar-refractivity contribution in [2.45, 2.75) is 25.8 Å². The Morgan fingerprint density at radius 1 is 0.931 bits per heavy atom. The number of nitrogens with zero attached hydrogens (tertiary/aromatic N) is 1. The number of hydrogen-bond acceptors (Lipinski definition) is 3. The second kappa shape index (κ2) is 6.74. The topological polar surface area (TPSA) is 84.0 Å². The largest absolute Gasteiger partial charge is 0.328 e. The number of anilines is 1. The molecule has 2 N–H and O–H groups in total. The summed E-state index contributed by atoms with van der Waals surface area (Å²) in [4.78, 5) is 39.2. The summed E-state index contributed by atoms with van der Waals surface area (Å²) in [6.07, 6.45) is 2.19. The van der Waals surface area contributed by atoms with E-state index in [0.717, 1.165) is 23.9 Å². The van der Waals surface area contributed by atoms with Crippen molar-refractivity contribution in [3.63, 3.8) is 0 Å². The Hall–Kier alpha value is -3.67. The van der Waals surface area contributed by atoms with Crippen LogP contribution in [-0.2, 0) is 24.2 Å². The molecule has 1 aliphatic carbocycles. The summed E-state index contributed by atoms with van der Waals surface area (Å²) >= 11 is 0. The van der Waals surface area contributed by atoms with Crippen molar-refractivity contribution in [1.29, 1.82) is 0 Å². The number of H-pyrrole nitrogens is 1. The normalized spacial score (nSPS) is 12.6. The fraction of sp³-hybridized carbons (Fsp3) is 0.174. The van der Waals surface area contributed by atoms with Crippen LogP contribution in [0.5, 0.6) is 0 Å². The second-order valence-corrected chi connectivity index (χ2v) is 7.34. The van der Waals surface area contributed by atoms with Gasteiger partial charge in [0.25, 0.3) is 5.56 Å². The van der Waals surface area contributed by atoms with Gasteiger partial charge in [0.1, 0.15) is 0 Å². The maximum absolute atomic E-state index is 12.6. The highest BCUT2D eigenvalue weighted by Crippen LogP contribution is 2.35. The first kappa shape index (κ1) is 17.4. The molecule has 0 atom stereocenters. The van der Waals surface area contributed by atoms with Crippen LogP contribution in [0.25, 0.3) is 21.7 Å². The molecular formula is C23H19N3O3. The molecule has 144 valence electrons. The fourth-order valence-electron chi connectivity index (χ4n) is 4.25. The molecule has 1 aromatic heterocycles. The van der Waals surface area contributed by atoms with Crippen LogP contribution in [0.1, 0.15) is 17.5 Å². The van der Waals surface area contributed by atoms with Gasteiger partial charge in [0, 0.05) is 24.0 Å². The van der Waals surface area contributed by atoms with E-state index in [-0.39, 0.29) is 18.9 Å². The van der Waals surface area contributed by atoms with Gasteiger partial charge in [-0.1, -0.05) is 36.4 Å². The highest BCUT2D eigenvalue weighted by atomic mass is 16.2. The summed E-state index contributed by atoms with van der Waals surface area (Å²) in [5.41, 5.74) is 3.03. The highest BCUT2D eigenvalue weighted by molar-refractivity contribution is 6.05. The van der Waals surface area contributed by atoms with Gasteiger partial charge in [0.05, 0.1) is 10.9 Å². The number of rotatable bonds is 4. The molecular weight excluding hydrogens is 366 g/mol. The van der Waals surface area contributed by atoms with Crippen LogP contribution in [0.15, 0.2) is 64.2 Å². The van der Waals surface area contributed by atoms with Crippen molar-refractivity contribution in [1.82, 2.24) is 9.55 Å². The first-order chi connectivity index (χ1) is 14.1. The SMILES string of the molecule is O=C(CCn1c(=O)[nH]c(=O)c2ccccc21)Nc1ccc2c3c(cccc13)CC2. The number of fused-ring (bicyclic) bond motifs is 1. The van der Waals surface area contributed by atoms with Crippen molar-refractivity contribution in [3.05, 3.63) is 86.6 Å². The highest BCUT2D eigenvalue weighted by Gasteiger charge is 2.17. The van der Waals surface area contributed by atoms with Crippen LogP contribution in [0, 0.1) is 0 Å². The summed E-state index contributed by atoms with van der Waals surface area (Å²) in [7, 11) is 0. The van der Waals surface area contributed by atoms with Crippen molar-refractivity contribution < 1.29 is 4.79 Å². The number of benzene rings is 3. The molecule has 0 saturated heterocycles. The van der Waals surface area contributed by atoms with Gasteiger partial charge < -0.3 is 5.32 Å². The zero-order chi connectivity index (χ0) is 20.0. The van der Waals surface area contributed by atoms with Crippen LogP contribution < -0.4 is 16.6 Å². The number of hydrogen-bond donors (Lipinski definition) is 2. The molecule has 4 aromatic rings. The minimum atomic E-state index is -0.508. The lowest BCUT2D eigenvalue weighted by atomic mass is 10.0. The van der Waals surface area contributed by atoms with E-state index >= 15 is 0 Å². The molecule has 6 heteroatoms. The molecule has 1 amide bonds. The van der Waals surface area contributed by atoms with Crippen molar-refractivity contribution >= 4 is 33.3 Å². The predicted octanol–water partition coefficient (Wildman–Crippen LogP) is 2.97. The van der Waals surface area contributed by atoms with Crippen molar-refractivity contribution in [3.8, 4) is 0 Å². The first-order valence-corrected chi connectivity index (χ1v) is 9.67. The quantitative estimate of drug-likeness (QED) is 0.566. The van der Waals surface area contributed by atoms with Gasteiger partial charge in [-0.15, -0.1) is 0 Å². The first-order valence-electron chi connectivity index (χ1n) is 9.67. The minimum Gasteiger partial charge on any atom is -0.325 e. The standard InChI is InChI=1S/C23H19N3O3/c27-20(12-13-26-19-7-2-1-5-17(19)22(28)25-23(26)29)24-18-11-10-15-9-8-14-4-3-6-16(18)21(14)15/h1-7,10-11H,8-9,12-13H2,(H,24,27)(H,25,28,29). The molecule has 29 heavy (non-hydrogen) atoms. The van der Waals surface area contributed by atoms with E-state index in [1.54, 1.807) is 24.3 Å². The Bertz CT molecular complexity index is 1390. The van der Waals surface area contributed by atoms with E-state index in [4.69, 9.17) is 0 Å². The molecule has 0 unspecified atom stereocenters. The number of aromatic nitrogens is 2. The second-order valence-electron chi connectivity index (χ2n) is 7.34. The third-order valence-corrected chi connectivity index (χ3v) is 5.62. The monoisotopic (exact) mass is 385 g/mol. The molecule has 0 bridgehead atoms. The summed E-state index contributed by atoms with van der Waals surface area (Å²) in [6, 6.07) is 17.1. The van der Waals surface area contributed by atoms with E-state index in [1.807, 2.05) is 18.2 Å². The number of nitrogens with one attached hydrogen (secondary N) is 2. The maximum Gasteiger partial charge on any atom is 0.328 e. The third-order valence-electron chi connectivity index (χ3n) is 5.62. The number of carbonyl (C=O) groups excluding carboxylic acids is 1. The Kier molecular flexibility index (Phi) is 4.05. The Morgan fingerprint density at radius 2 is 1.69 bits per heavy atom. The van der Waals surface area contributed by atoms with E-state index < -0.39 is 11.2 Å². The average molecular weight is 385 g/mol. The predicted molar refractivity (Wildman–Crippen MR) is 113 cm³/mol. The summed E-state index contributed by atoms with van der Waals surface area (Å²) in [6.45, 7) is 0.184. The van der Waals surface area contributed by atoms with Crippen LogP contribution in [0.3, 0.4) is 0 Å².